The van der Waals surface area contributed by atoms with Gasteiger partial charge in [0.15, 0.2) is 23.8 Å². The van der Waals surface area contributed by atoms with Crippen molar-refractivity contribution >= 4 is 136 Å². The molecule has 3 N–H and O–H groups in total. The van der Waals surface area contributed by atoms with Crippen molar-refractivity contribution in [2.45, 2.75) is 188 Å². The quantitative estimate of drug-likeness (QED) is 0.0212. The number of hydrogen-bond acceptors (Lipinski definition) is 19. The Morgan fingerprint density at radius 3 is 1.62 bits per heavy atom. The summed E-state index contributed by atoms with van der Waals surface area (Å²) in [6.07, 6.45) is -0.902. The first-order valence-corrected chi connectivity index (χ1v) is 40.4. The van der Waals surface area contributed by atoms with Crippen LogP contribution in [-0.2, 0) is 98.7 Å². The van der Waals surface area contributed by atoms with Crippen LogP contribution in [0.15, 0.2) is 108 Å². The number of carboxylic acids is 1. The van der Waals surface area contributed by atoms with Crippen LogP contribution in [0.2, 0.25) is 0 Å². The third-order valence-corrected chi connectivity index (χ3v) is 21.6. The van der Waals surface area contributed by atoms with Gasteiger partial charge in [0.05, 0.1) is 36.9 Å². The van der Waals surface area contributed by atoms with Gasteiger partial charge >= 0.3 is 30.0 Å². The van der Waals surface area contributed by atoms with Crippen LogP contribution in [-0.4, -0.2) is 172 Å². The number of aromatic nitrogens is 1. The first-order valence-electron chi connectivity index (χ1n) is 35.1. The van der Waals surface area contributed by atoms with Crippen LogP contribution in [0.1, 0.15) is 155 Å². The van der Waals surface area contributed by atoms with Gasteiger partial charge in [-0.2, -0.15) is 10.5 Å². The zero-order valence-electron chi connectivity index (χ0n) is 62.5. The van der Waals surface area contributed by atoms with Gasteiger partial charge in [0, 0.05) is 133 Å². The zero-order chi connectivity index (χ0) is 78.4. The number of nitriles is 2. The highest BCUT2D eigenvalue weighted by Crippen LogP contribution is 2.45. The van der Waals surface area contributed by atoms with Crippen molar-refractivity contribution in [1.82, 2.24) is 24.2 Å². The summed E-state index contributed by atoms with van der Waals surface area (Å²) >= 11 is 12.3. The summed E-state index contributed by atoms with van der Waals surface area (Å²) in [7, 11) is 7.68. The summed E-state index contributed by atoms with van der Waals surface area (Å²) in [5.41, 5.74) is 13.3. The lowest BCUT2D eigenvalue weighted by Gasteiger charge is -2.34. The molecule has 5 aromatic rings. The number of benzene rings is 4. The molecular weight excluding hydrogens is 1520 g/mol. The van der Waals surface area contributed by atoms with E-state index in [1.807, 2.05) is 143 Å². The second-order valence-corrected chi connectivity index (χ2v) is 31.9. The van der Waals surface area contributed by atoms with E-state index in [2.05, 4.69) is 44.1 Å². The number of likely N-dealkylation sites (N-methyl/N-ethyl adjacent to an activating group) is 4. The van der Waals surface area contributed by atoms with Gasteiger partial charge in [-0.15, -0.1) is 12.4 Å². The second kappa shape index (κ2) is 46.3. The van der Waals surface area contributed by atoms with Gasteiger partial charge in [0.1, 0.15) is 18.7 Å². The highest BCUT2D eigenvalue weighted by molar-refractivity contribution is 9.10. The number of halogens is 2. The number of carbonyl (C=O) groups excluding carboxylic acids is 9. The predicted molar refractivity (Wildman–Crippen MR) is 420 cm³/mol. The molecule has 106 heavy (non-hydrogen) atoms. The summed E-state index contributed by atoms with van der Waals surface area (Å²) in [4.78, 5) is 139. The smallest absolute Gasteiger partial charge is 0.410 e. The molecule has 0 spiro atoms. The minimum absolute atomic E-state index is 0. The second-order valence-electron chi connectivity index (χ2n) is 26.7. The number of hydrogen-bond donors (Lipinski definition) is 2. The molecule has 9 atom stereocenters. The van der Waals surface area contributed by atoms with Crippen LogP contribution in [0.5, 0.6) is 0 Å². The Hall–Kier alpha value is -7.93. The van der Waals surface area contributed by atoms with Gasteiger partial charge in [-0.1, -0.05) is 136 Å². The van der Waals surface area contributed by atoms with E-state index in [1.165, 1.54) is 37.7 Å². The molecule has 1 aromatic heterocycles. The number of ether oxygens (including phenoxy) is 4. The normalized spacial score (nSPS) is 13.9. The maximum absolute atomic E-state index is 15.0. The molecule has 1 aliphatic carbocycles. The Bertz CT molecular complexity index is 3880. The summed E-state index contributed by atoms with van der Waals surface area (Å²) < 4.78 is 24.0. The molecule has 1 aliphatic rings. The molecule has 0 fully saturated rings. The lowest BCUT2D eigenvalue weighted by atomic mass is 9.86. The fraction of sp³-hybridized carbons (Fsp3) is 0.506. The number of Topliss-reactive ketones (excluding diaryl/α,β-unsaturated/α-hetero) is 2. The molecule has 0 bridgehead atoms. The van der Waals surface area contributed by atoms with Crippen molar-refractivity contribution < 1.29 is 72.0 Å². The molecular formula is C77H100BrClN8O15P2S2. The zero-order valence-corrected chi connectivity index (χ0v) is 68.3. The van der Waals surface area contributed by atoms with E-state index in [0.29, 0.717) is 19.4 Å². The largest absolute Gasteiger partial charge is 0.479 e. The van der Waals surface area contributed by atoms with E-state index in [1.54, 1.807) is 34.9 Å². The number of amides is 4. The number of esters is 3. The Morgan fingerprint density at radius 2 is 1.10 bits per heavy atom. The van der Waals surface area contributed by atoms with Crippen LogP contribution in [0, 0.1) is 46.3 Å². The molecule has 0 unspecified atom stereocenters. The Morgan fingerprint density at radius 1 is 0.613 bits per heavy atom. The topological polar surface area (TPSA) is 319 Å². The van der Waals surface area contributed by atoms with E-state index in [4.69, 9.17) is 35.2 Å². The minimum Gasteiger partial charge on any atom is -0.479 e. The lowest BCUT2D eigenvalue weighted by molar-refractivity contribution is -0.170. The first kappa shape index (κ1) is 92.3. The molecule has 29 heteroatoms. The number of para-hydroxylation sites is 1. The average Bonchev–Trinajstić information content (AvgIpc) is 1.62. The summed E-state index contributed by atoms with van der Waals surface area (Å²) in [6, 6.07) is 30.6. The SMILES string of the molecule is CCOC(=O)[C@@H](CCC#N)OC(=O)[C@H](C)N(C)C(=O)OCC1c2ccccc2-c2ccccc21.CC[C@H](CC(=O)[C@H](CC(C)C)N(C)C(=O)[C@@H](N)CC)C(=O)N(C)[C@@H](Cc1cn(Cc2ccc(Br)cc2)c2ccccc12)C(=O)C[C@@H](CC(C)C)C(=O)N(C)[C@@H](C)C(=O)O[C@H](CCC#N)C(=O)O.Cl.S=PP=S. The number of rotatable bonds is 37. The third-order valence-electron chi connectivity index (χ3n) is 18.4. The Labute approximate surface area is 650 Å². The van der Waals surface area contributed by atoms with Gasteiger partial charge in [-0.25, -0.2) is 24.0 Å². The number of ketones is 2. The molecule has 1 heterocycles. The van der Waals surface area contributed by atoms with Crippen LogP contribution in [0.3, 0.4) is 0 Å². The molecule has 574 valence electrons. The van der Waals surface area contributed by atoms with E-state index in [-0.39, 0.29) is 113 Å². The summed E-state index contributed by atoms with van der Waals surface area (Å²) in [6.45, 7) is 16.6. The average molecular weight is 1620 g/mol. The highest BCUT2D eigenvalue weighted by atomic mass is 79.9. The van der Waals surface area contributed by atoms with Gasteiger partial charge in [-0.05, 0) is 133 Å². The maximum Gasteiger partial charge on any atom is 0.410 e. The van der Waals surface area contributed by atoms with Crippen LogP contribution < -0.4 is 5.73 Å². The van der Waals surface area contributed by atoms with Gasteiger partial charge in [-0.3, -0.25) is 28.9 Å². The third kappa shape index (κ3) is 26.8. The molecule has 0 radical (unpaired) electrons. The van der Waals surface area contributed by atoms with E-state index >= 15 is 4.79 Å². The van der Waals surface area contributed by atoms with Crippen molar-refractivity contribution in [1.29, 1.82) is 10.5 Å². The first-order chi connectivity index (χ1) is 49.9. The molecule has 4 amide bonds. The van der Waals surface area contributed by atoms with Crippen LogP contribution in [0.4, 0.5) is 4.79 Å². The number of nitrogens with two attached hydrogens (primary N) is 1. The molecule has 6 rings (SSSR count). The number of aliphatic carboxylic acids is 1. The van der Waals surface area contributed by atoms with Gasteiger partial charge < -0.3 is 49.1 Å². The summed E-state index contributed by atoms with van der Waals surface area (Å²) in [5, 5.41) is 28.2. The van der Waals surface area contributed by atoms with Crippen molar-refractivity contribution in [3.63, 3.8) is 0 Å². The Balaban J connectivity index is 0.000000621. The lowest BCUT2D eigenvalue weighted by Crippen LogP contribution is -2.51. The van der Waals surface area contributed by atoms with E-state index in [0.717, 1.165) is 72.6 Å². The standard InChI is InChI=1S/C51H71BrN6O9.C26H28N2O6.ClH.P2S2/c1-11-35(27-44(59)42(25-32(5)6)57(10)49(63)40(54)12-2)47(61)56(9)43(26-37-30-58(41-17-14-13-16-39(37)41)29-34-19-21-38(52)22-20-34)45(60)28-36(24-31(3)4)48(62)55(8)33(7)51(66)67-46(50(64)65)18-15-23-53;1-4-32-25(30)23(14-9-15-27)34-24(29)17(2)28(3)26(31)33-16-22-20-12-7-5-10-18(20)19-11-6-8-13-21(19)22;;3-1-2-4/h13-14,16-17,19-22,30-33,35-36,40,42-43,46H,11-12,15,18,24-29,54H2,1-10H3,(H,64,65);5-8,10-13,17,22-23H,4,9,14,16H2,1-3H3;1H;/t33-,35+,36+,40-,42-,43-,46+;17-,23+;;/m00../s1. The van der Waals surface area contributed by atoms with E-state index < -0.39 is 102 Å². The van der Waals surface area contributed by atoms with Crippen molar-refractivity contribution in [2.75, 3.05) is 41.4 Å². The van der Waals surface area contributed by atoms with Gasteiger partial charge in [0.2, 0.25) is 17.7 Å². The number of fused-ring (bicyclic) bond motifs is 4. The minimum atomic E-state index is -1.58. The van der Waals surface area contributed by atoms with Crippen molar-refractivity contribution in [3.8, 4) is 23.3 Å². The number of nitrogens with zero attached hydrogens (tertiary/aromatic N) is 7. The van der Waals surface area contributed by atoms with Crippen molar-refractivity contribution in [2.24, 2.45) is 29.4 Å². The molecule has 23 nitrogen and oxygen atoms in total. The number of carbonyl (C=O) groups is 10. The van der Waals surface area contributed by atoms with Crippen LogP contribution >= 0.6 is 42.4 Å². The summed E-state index contributed by atoms with van der Waals surface area (Å²) in [5.74, 6) is -7.79. The fourth-order valence-electron chi connectivity index (χ4n) is 12.3. The van der Waals surface area contributed by atoms with Crippen molar-refractivity contribution in [3.05, 3.63) is 130 Å². The maximum atomic E-state index is 15.0. The molecule has 0 aliphatic heterocycles. The Kier molecular flexibility index (Phi) is 40.3. The molecule has 0 saturated carbocycles. The molecule has 0 saturated heterocycles. The van der Waals surface area contributed by atoms with E-state index in [9.17, 15) is 48.3 Å². The predicted octanol–water partition coefficient (Wildman–Crippen LogP) is 13.4. The monoisotopic (exact) mass is 1620 g/mol. The van der Waals surface area contributed by atoms with Gasteiger partial charge in [0.25, 0.3) is 0 Å². The fourth-order valence-corrected chi connectivity index (χ4v) is 12.5. The molecule has 4 aromatic carbocycles. The number of carboxylic acid groups (broad SMARTS) is 1. The highest BCUT2D eigenvalue weighted by Gasteiger charge is 2.40. The van der Waals surface area contributed by atoms with Crippen LogP contribution in [0.25, 0.3) is 22.0 Å².